The summed E-state index contributed by atoms with van der Waals surface area (Å²) < 4.78 is 0. The van der Waals surface area contributed by atoms with Crippen LogP contribution in [0.15, 0.2) is 29.6 Å². The van der Waals surface area contributed by atoms with Crippen molar-refractivity contribution >= 4 is 34.5 Å². The highest BCUT2D eigenvalue weighted by Crippen LogP contribution is 2.23. The van der Waals surface area contributed by atoms with Crippen LogP contribution in [-0.2, 0) is 6.54 Å². The Hall–Kier alpha value is -2.03. The minimum absolute atomic E-state index is 0.133. The van der Waals surface area contributed by atoms with E-state index in [0.29, 0.717) is 22.7 Å². The van der Waals surface area contributed by atoms with Crippen LogP contribution in [0.5, 0.6) is 0 Å². The molecule has 1 N–H and O–H groups in total. The van der Waals surface area contributed by atoms with E-state index in [1.165, 1.54) is 16.2 Å². The summed E-state index contributed by atoms with van der Waals surface area (Å²) in [4.78, 5) is 14.6. The van der Waals surface area contributed by atoms with Gasteiger partial charge in [-0.2, -0.15) is 5.26 Å². The highest BCUT2D eigenvalue weighted by molar-refractivity contribution is 7.10. The number of nitrogens with one attached hydrogen (secondary N) is 1. The maximum absolute atomic E-state index is 12.0. The quantitative estimate of drug-likeness (QED) is 0.937. The molecule has 0 unspecified atom stereocenters. The molecule has 1 amide bonds. The van der Waals surface area contributed by atoms with E-state index in [9.17, 15) is 4.79 Å². The second-order valence-corrected chi connectivity index (χ2v) is 6.06. The van der Waals surface area contributed by atoms with Crippen LogP contribution in [0.3, 0.4) is 0 Å². The Labute approximate surface area is 132 Å². The topological polar surface area (TPSA) is 56.1 Å². The summed E-state index contributed by atoms with van der Waals surface area (Å²) in [6.45, 7) is 0.601. The molecule has 2 rings (SSSR count). The van der Waals surface area contributed by atoms with Crippen molar-refractivity contribution in [2.45, 2.75) is 6.54 Å². The van der Waals surface area contributed by atoms with E-state index in [4.69, 9.17) is 16.9 Å². The molecule has 0 spiro atoms. The Morgan fingerprint density at radius 3 is 2.81 bits per heavy atom. The fourth-order valence-corrected chi connectivity index (χ4v) is 2.71. The van der Waals surface area contributed by atoms with Gasteiger partial charge in [-0.15, -0.1) is 11.3 Å². The standard InChI is InChI=1S/C15H14ClN3OS/c1-19(2)15(20)13-6-11(3-4-14(13)16)18-8-12-5-10(7-17)9-21-12/h3-6,9,18H,8H2,1-2H3. The Kier molecular flexibility index (Phi) is 4.84. The summed E-state index contributed by atoms with van der Waals surface area (Å²) in [7, 11) is 3.38. The van der Waals surface area contributed by atoms with Gasteiger partial charge in [0, 0.05) is 36.6 Å². The average Bonchev–Trinajstić information content (AvgIpc) is 2.93. The molecule has 0 atom stereocenters. The molecule has 0 fully saturated rings. The molecular formula is C15H14ClN3OS. The number of rotatable bonds is 4. The zero-order valence-corrected chi connectivity index (χ0v) is 13.3. The van der Waals surface area contributed by atoms with E-state index in [-0.39, 0.29) is 5.91 Å². The highest BCUT2D eigenvalue weighted by Gasteiger charge is 2.13. The maximum Gasteiger partial charge on any atom is 0.254 e. The number of hydrogen-bond donors (Lipinski definition) is 1. The maximum atomic E-state index is 12.0. The van der Waals surface area contributed by atoms with E-state index >= 15 is 0 Å². The van der Waals surface area contributed by atoms with Crippen molar-refractivity contribution in [2.75, 3.05) is 19.4 Å². The number of anilines is 1. The van der Waals surface area contributed by atoms with E-state index in [1.807, 2.05) is 17.5 Å². The lowest BCUT2D eigenvalue weighted by atomic mass is 10.1. The number of amides is 1. The first-order valence-electron chi connectivity index (χ1n) is 6.24. The first-order chi connectivity index (χ1) is 10.0. The molecule has 108 valence electrons. The zero-order chi connectivity index (χ0) is 15.4. The molecular weight excluding hydrogens is 306 g/mol. The number of carbonyl (C=O) groups excluding carboxylic acids is 1. The second-order valence-electron chi connectivity index (χ2n) is 4.66. The van der Waals surface area contributed by atoms with Crippen LogP contribution in [0.2, 0.25) is 5.02 Å². The normalized spacial score (nSPS) is 10.0. The number of halogens is 1. The van der Waals surface area contributed by atoms with Gasteiger partial charge in [0.25, 0.3) is 5.91 Å². The average molecular weight is 320 g/mol. The van der Waals surface area contributed by atoms with Gasteiger partial charge in [0.05, 0.1) is 16.1 Å². The summed E-state index contributed by atoms with van der Waals surface area (Å²) in [5.74, 6) is -0.133. The van der Waals surface area contributed by atoms with Gasteiger partial charge in [-0.1, -0.05) is 11.6 Å². The third-order valence-electron chi connectivity index (χ3n) is 2.85. The Morgan fingerprint density at radius 1 is 1.43 bits per heavy atom. The summed E-state index contributed by atoms with van der Waals surface area (Å²) in [6.07, 6.45) is 0. The molecule has 0 aliphatic rings. The summed E-state index contributed by atoms with van der Waals surface area (Å²) in [6, 6.07) is 9.22. The van der Waals surface area contributed by atoms with Crippen LogP contribution < -0.4 is 5.32 Å². The van der Waals surface area contributed by atoms with Gasteiger partial charge in [0.1, 0.15) is 6.07 Å². The van der Waals surface area contributed by atoms with Crippen LogP contribution in [-0.4, -0.2) is 24.9 Å². The van der Waals surface area contributed by atoms with Crippen LogP contribution in [0.4, 0.5) is 5.69 Å². The van der Waals surface area contributed by atoms with Gasteiger partial charge in [0.2, 0.25) is 0 Å². The van der Waals surface area contributed by atoms with Crippen LogP contribution in [0, 0.1) is 11.3 Å². The Morgan fingerprint density at radius 2 is 2.19 bits per heavy atom. The van der Waals surface area contributed by atoms with Crippen molar-refractivity contribution in [1.29, 1.82) is 5.26 Å². The zero-order valence-electron chi connectivity index (χ0n) is 11.7. The van der Waals surface area contributed by atoms with Gasteiger partial charge in [0.15, 0.2) is 0 Å². The van der Waals surface area contributed by atoms with Crippen molar-refractivity contribution in [1.82, 2.24) is 4.90 Å². The van der Waals surface area contributed by atoms with Crippen molar-refractivity contribution in [2.24, 2.45) is 0 Å². The molecule has 0 aliphatic heterocycles. The molecule has 1 heterocycles. The van der Waals surface area contributed by atoms with E-state index < -0.39 is 0 Å². The molecule has 0 saturated carbocycles. The molecule has 21 heavy (non-hydrogen) atoms. The number of carbonyl (C=O) groups is 1. The number of thiophene rings is 1. The van der Waals surface area contributed by atoms with Crippen molar-refractivity contribution in [3.05, 3.63) is 50.7 Å². The van der Waals surface area contributed by atoms with Crippen LogP contribution in [0.1, 0.15) is 20.8 Å². The predicted molar refractivity (Wildman–Crippen MR) is 85.8 cm³/mol. The van der Waals surface area contributed by atoms with Gasteiger partial charge in [-0.3, -0.25) is 4.79 Å². The highest BCUT2D eigenvalue weighted by atomic mass is 35.5. The fraction of sp³-hybridized carbons (Fsp3) is 0.200. The molecule has 0 radical (unpaired) electrons. The minimum Gasteiger partial charge on any atom is -0.380 e. The first kappa shape index (κ1) is 15.4. The third kappa shape index (κ3) is 3.75. The summed E-state index contributed by atoms with van der Waals surface area (Å²) in [5.41, 5.74) is 1.95. The Bertz CT molecular complexity index is 703. The largest absolute Gasteiger partial charge is 0.380 e. The molecule has 2 aromatic rings. The van der Waals surface area contributed by atoms with Crippen molar-refractivity contribution in [3.8, 4) is 6.07 Å². The molecule has 6 heteroatoms. The molecule has 1 aromatic carbocycles. The number of nitriles is 1. The van der Waals surface area contributed by atoms with E-state index in [1.54, 1.807) is 26.2 Å². The SMILES string of the molecule is CN(C)C(=O)c1cc(NCc2cc(C#N)cs2)ccc1Cl. The predicted octanol–water partition coefficient (Wildman–Crippen LogP) is 3.59. The van der Waals surface area contributed by atoms with Crippen LogP contribution in [0.25, 0.3) is 0 Å². The lowest BCUT2D eigenvalue weighted by molar-refractivity contribution is 0.0828. The fourth-order valence-electron chi connectivity index (χ4n) is 1.76. The molecule has 4 nitrogen and oxygen atoms in total. The van der Waals surface area contributed by atoms with Crippen molar-refractivity contribution < 1.29 is 4.79 Å². The summed E-state index contributed by atoms with van der Waals surface area (Å²) >= 11 is 7.59. The second kappa shape index (κ2) is 6.61. The molecule has 0 saturated heterocycles. The number of benzene rings is 1. The van der Waals surface area contributed by atoms with Gasteiger partial charge < -0.3 is 10.2 Å². The number of nitrogens with zero attached hydrogens (tertiary/aromatic N) is 2. The number of hydrogen-bond acceptors (Lipinski definition) is 4. The first-order valence-corrected chi connectivity index (χ1v) is 7.49. The lowest BCUT2D eigenvalue weighted by Gasteiger charge is -2.13. The van der Waals surface area contributed by atoms with Crippen molar-refractivity contribution in [3.63, 3.8) is 0 Å². The molecule has 0 bridgehead atoms. The molecule has 1 aromatic heterocycles. The smallest absolute Gasteiger partial charge is 0.254 e. The van der Waals surface area contributed by atoms with Gasteiger partial charge in [-0.25, -0.2) is 0 Å². The van der Waals surface area contributed by atoms with Crippen LogP contribution >= 0.6 is 22.9 Å². The summed E-state index contributed by atoms with van der Waals surface area (Å²) in [5, 5.41) is 14.3. The van der Waals surface area contributed by atoms with E-state index in [2.05, 4.69) is 11.4 Å². The third-order valence-corrected chi connectivity index (χ3v) is 4.12. The van der Waals surface area contributed by atoms with Gasteiger partial charge >= 0.3 is 0 Å². The van der Waals surface area contributed by atoms with E-state index in [0.717, 1.165) is 10.6 Å². The van der Waals surface area contributed by atoms with Gasteiger partial charge in [-0.05, 0) is 24.3 Å². The Balaban J connectivity index is 2.12. The molecule has 0 aliphatic carbocycles. The monoisotopic (exact) mass is 319 g/mol. The lowest BCUT2D eigenvalue weighted by Crippen LogP contribution is -2.22. The minimum atomic E-state index is -0.133.